The molecule has 1 aromatic heterocycles. The number of piperidine rings is 1. The molecule has 5 heteroatoms. The van der Waals surface area contributed by atoms with Crippen molar-refractivity contribution >= 4 is 17.3 Å². The molecule has 1 fully saturated rings. The van der Waals surface area contributed by atoms with Gasteiger partial charge in [0.2, 0.25) is 0 Å². The van der Waals surface area contributed by atoms with Gasteiger partial charge in [0.1, 0.15) is 0 Å². The van der Waals surface area contributed by atoms with Gasteiger partial charge < -0.3 is 15.4 Å². The van der Waals surface area contributed by atoms with Crippen LogP contribution in [0.2, 0.25) is 5.15 Å². The molecule has 0 amide bonds. The minimum absolute atomic E-state index is 0.246. The predicted molar refractivity (Wildman–Crippen MR) is 65.2 cm³/mol. The van der Waals surface area contributed by atoms with E-state index in [9.17, 15) is 0 Å². The summed E-state index contributed by atoms with van der Waals surface area (Å²) in [6.45, 7) is 1.88. The first-order valence-electron chi connectivity index (χ1n) is 5.41. The summed E-state index contributed by atoms with van der Waals surface area (Å²) in [5.74, 6) is 0.610. The first kappa shape index (κ1) is 11.5. The summed E-state index contributed by atoms with van der Waals surface area (Å²) in [5.41, 5.74) is 6.97. The Morgan fingerprint density at radius 3 is 3.12 bits per heavy atom. The molecule has 16 heavy (non-hydrogen) atoms. The number of methoxy groups -OCH3 is 1. The zero-order valence-corrected chi connectivity index (χ0v) is 10.1. The minimum atomic E-state index is 0.246. The van der Waals surface area contributed by atoms with E-state index in [-0.39, 0.29) is 6.04 Å². The number of rotatable bonds is 2. The van der Waals surface area contributed by atoms with Crippen molar-refractivity contribution in [3.63, 3.8) is 0 Å². The quantitative estimate of drug-likeness (QED) is 0.801. The van der Waals surface area contributed by atoms with E-state index < -0.39 is 0 Å². The van der Waals surface area contributed by atoms with Crippen molar-refractivity contribution in [3.05, 3.63) is 17.4 Å². The van der Waals surface area contributed by atoms with Crippen molar-refractivity contribution in [2.75, 3.05) is 25.1 Å². The highest BCUT2D eigenvalue weighted by Gasteiger charge is 2.18. The molecule has 1 atom stereocenters. The third-order valence-electron chi connectivity index (χ3n) is 2.84. The first-order valence-corrected chi connectivity index (χ1v) is 5.78. The number of hydrogen-bond acceptors (Lipinski definition) is 4. The molecule has 1 aromatic rings. The number of pyridine rings is 1. The van der Waals surface area contributed by atoms with Gasteiger partial charge >= 0.3 is 0 Å². The largest absolute Gasteiger partial charge is 0.493 e. The van der Waals surface area contributed by atoms with E-state index in [1.807, 2.05) is 6.07 Å². The van der Waals surface area contributed by atoms with Gasteiger partial charge in [0, 0.05) is 25.2 Å². The summed E-state index contributed by atoms with van der Waals surface area (Å²) in [6, 6.07) is 2.16. The van der Waals surface area contributed by atoms with Crippen LogP contribution in [0.25, 0.3) is 0 Å². The van der Waals surface area contributed by atoms with Crippen LogP contribution in [0.4, 0.5) is 5.69 Å². The van der Waals surface area contributed by atoms with Gasteiger partial charge in [-0.15, -0.1) is 0 Å². The van der Waals surface area contributed by atoms with Gasteiger partial charge in [0.15, 0.2) is 10.9 Å². The van der Waals surface area contributed by atoms with E-state index >= 15 is 0 Å². The maximum Gasteiger partial charge on any atom is 0.171 e. The summed E-state index contributed by atoms with van der Waals surface area (Å²) < 4.78 is 5.15. The lowest BCUT2D eigenvalue weighted by atomic mass is 10.1. The Morgan fingerprint density at radius 2 is 2.44 bits per heavy atom. The fourth-order valence-corrected chi connectivity index (χ4v) is 2.16. The second-order valence-electron chi connectivity index (χ2n) is 4.03. The topological polar surface area (TPSA) is 51.4 Å². The third-order valence-corrected chi connectivity index (χ3v) is 3.12. The van der Waals surface area contributed by atoms with E-state index in [0.29, 0.717) is 10.9 Å². The number of ether oxygens (including phenoxy) is 1. The van der Waals surface area contributed by atoms with E-state index in [1.54, 1.807) is 13.3 Å². The summed E-state index contributed by atoms with van der Waals surface area (Å²) in [6.07, 6.45) is 3.98. The van der Waals surface area contributed by atoms with Crippen LogP contribution in [0.15, 0.2) is 12.3 Å². The summed E-state index contributed by atoms with van der Waals surface area (Å²) in [4.78, 5) is 6.33. The molecule has 1 saturated heterocycles. The van der Waals surface area contributed by atoms with Crippen LogP contribution in [-0.4, -0.2) is 31.2 Å². The monoisotopic (exact) mass is 241 g/mol. The van der Waals surface area contributed by atoms with Crippen molar-refractivity contribution in [1.82, 2.24) is 4.98 Å². The van der Waals surface area contributed by atoms with Gasteiger partial charge in [0.05, 0.1) is 19.0 Å². The molecule has 1 aliphatic heterocycles. The van der Waals surface area contributed by atoms with E-state index in [1.165, 1.54) is 0 Å². The molecule has 0 spiro atoms. The number of nitrogens with two attached hydrogens (primary N) is 1. The van der Waals surface area contributed by atoms with Crippen molar-refractivity contribution < 1.29 is 4.74 Å². The highest BCUT2D eigenvalue weighted by atomic mass is 35.5. The van der Waals surface area contributed by atoms with Crippen LogP contribution in [0, 0.1) is 0 Å². The molecular weight excluding hydrogens is 226 g/mol. The van der Waals surface area contributed by atoms with Gasteiger partial charge in [-0.25, -0.2) is 4.98 Å². The maximum atomic E-state index is 5.94. The molecule has 88 valence electrons. The van der Waals surface area contributed by atoms with E-state index in [4.69, 9.17) is 22.1 Å². The highest BCUT2D eigenvalue weighted by molar-refractivity contribution is 6.30. The van der Waals surface area contributed by atoms with Gasteiger partial charge in [-0.3, -0.25) is 0 Å². The highest BCUT2D eigenvalue weighted by Crippen LogP contribution is 2.28. The normalized spacial score (nSPS) is 20.9. The zero-order chi connectivity index (χ0) is 11.5. The van der Waals surface area contributed by atoms with Crippen LogP contribution in [0.5, 0.6) is 5.75 Å². The molecule has 0 bridgehead atoms. The van der Waals surface area contributed by atoms with Gasteiger partial charge in [-0.1, -0.05) is 11.6 Å². The van der Waals surface area contributed by atoms with Gasteiger partial charge in [0.25, 0.3) is 0 Å². The number of hydrogen-bond donors (Lipinski definition) is 1. The smallest absolute Gasteiger partial charge is 0.171 e. The number of anilines is 1. The van der Waals surface area contributed by atoms with Gasteiger partial charge in [-0.2, -0.15) is 0 Å². The van der Waals surface area contributed by atoms with Crippen LogP contribution < -0.4 is 15.4 Å². The molecular formula is C11H16ClN3O. The summed E-state index contributed by atoms with van der Waals surface area (Å²) in [5, 5.41) is 0.396. The average molecular weight is 242 g/mol. The Labute approximate surface area is 100 Å². The zero-order valence-electron chi connectivity index (χ0n) is 9.32. The fourth-order valence-electron chi connectivity index (χ4n) is 1.98. The molecule has 1 aliphatic rings. The van der Waals surface area contributed by atoms with Crippen LogP contribution in [0.3, 0.4) is 0 Å². The second-order valence-corrected chi connectivity index (χ2v) is 4.39. The Kier molecular flexibility index (Phi) is 3.51. The number of nitrogens with zero attached hydrogens (tertiary/aromatic N) is 2. The SMILES string of the molecule is COc1cc(N2CCC[C@H](N)C2)cnc1Cl. The van der Waals surface area contributed by atoms with Crippen molar-refractivity contribution in [3.8, 4) is 5.75 Å². The Bertz CT molecular complexity index is 372. The van der Waals surface area contributed by atoms with Crippen LogP contribution >= 0.6 is 11.6 Å². The molecule has 4 nitrogen and oxygen atoms in total. The Hall–Kier alpha value is -1.00. The third kappa shape index (κ3) is 2.39. The van der Waals surface area contributed by atoms with Crippen LogP contribution in [0.1, 0.15) is 12.8 Å². The van der Waals surface area contributed by atoms with Crippen LogP contribution in [-0.2, 0) is 0 Å². The molecule has 0 aliphatic carbocycles. The van der Waals surface area contributed by atoms with Crippen molar-refractivity contribution in [2.24, 2.45) is 5.73 Å². The first-order chi connectivity index (χ1) is 7.70. The molecule has 0 saturated carbocycles. The molecule has 0 radical (unpaired) electrons. The fraction of sp³-hybridized carbons (Fsp3) is 0.545. The molecule has 2 heterocycles. The van der Waals surface area contributed by atoms with E-state index in [0.717, 1.165) is 31.6 Å². The standard InChI is InChI=1S/C11H16ClN3O/c1-16-10-5-9(6-14-11(10)12)15-4-2-3-8(13)7-15/h5-6,8H,2-4,7,13H2,1H3/t8-/m0/s1. The lowest BCUT2D eigenvalue weighted by Gasteiger charge is -2.32. The summed E-state index contributed by atoms with van der Waals surface area (Å²) >= 11 is 5.88. The molecule has 0 unspecified atom stereocenters. The number of aromatic nitrogens is 1. The average Bonchev–Trinajstić information content (AvgIpc) is 2.29. The Morgan fingerprint density at radius 1 is 1.62 bits per heavy atom. The van der Waals surface area contributed by atoms with Gasteiger partial charge in [-0.05, 0) is 12.8 Å². The lowest BCUT2D eigenvalue weighted by molar-refractivity contribution is 0.412. The molecule has 0 aromatic carbocycles. The second kappa shape index (κ2) is 4.89. The van der Waals surface area contributed by atoms with E-state index in [2.05, 4.69) is 9.88 Å². The summed E-state index contributed by atoms with van der Waals surface area (Å²) in [7, 11) is 1.59. The molecule has 2 N–H and O–H groups in total. The Balaban J connectivity index is 2.19. The minimum Gasteiger partial charge on any atom is -0.493 e. The number of halogens is 1. The maximum absolute atomic E-state index is 5.94. The van der Waals surface area contributed by atoms with Crippen molar-refractivity contribution in [1.29, 1.82) is 0 Å². The van der Waals surface area contributed by atoms with Crippen molar-refractivity contribution in [2.45, 2.75) is 18.9 Å². The molecule has 2 rings (SSSR count). The lowest BCUT2D eigenvalue weighted by Crippen LogP contribution is -2.42. The predicted octanol–water partition coefficient (Wildman–Crippen LogP) is 1.67.